The number of carbonyl (C=O) groups is 1. The molecule has 22 heavy (non-hydrogen) atoms. The van der Waals surface area contributed by atoms with Crippen molar-refractivity contribution in [1.82, 2.24) is 10.2 Å². The topological polar surface area (TPSA) is 32.3 Å². The Bertz CT molecular complexity index is 571. The van der Waals surface area contributed by atoms with Gasteiger partial charge in [0.2, 0.25) is 6.41 Å². The van der Waals surface area contributed by atoms with Crippen LogP contribution in [-0.4, -0.2) is 37.5 Å². The lowest BCUT2D eigenvalue weighted by atomic mass is 9.91. The second-order valence-corrected chi connectivity index (χ2v) is 6.98. The van der Waals surface area contributed by atoms with E-state index in [1.165, 1.54) is 16.7 Å². The molecule has 0 spiro atoms. The first-order valence-electron chi connectivity index (χ1n) is 7.55. The summed E-state index contributed by atoms with van der Waals surface area (Å²) < 4.78 is 0. The Morgan fingerprint density at radius 2 is 1.77 bits per heavy atom. The molecule has 0 radical (unpaired) electrons. The average molecular weight is 332 g/mol. The highest BCUT2D eigenvalue weighted by Crippen LogP contribution is 2.34. The summed E-state index contributed by atoms with van der Waals surface area (Å²) in [5.74, 6) is 0. The van der Waals surface area contributed by atoms with Crippen molar-refractivity contribution in [3.05, 3.63) is 50.4 Å². The predicted octanol–water partition coefficient (Wildman–Crippen LogP) is 3.45. The Labute approximate surface area is 139 Å². The van der Waals surface area contributed by atoms with Crippen molar-refractivity contribution >= 4 is 34.7 Å². The number of nitrogens with zero attached hydrogens (tertiary/aromatic N) is 1. The van der Waals surface area contributed by atoms with Crippen LogP contribution in [0.25, 0.3) is 5.57 Å². The molecule has 2 aromatic rings. The molecule has 1 fully saturated rings. The first-order chi connectivity index (χ1) is 10.9. The zero-order chi connectivity index (χ0) is 15.2. The van der Waals surface area contributed by atoms with E-state index >= 15 is 0 Å². The lowest BCUT2D eigenvalue weighted by Crippen LogP contribution is -2.36. The summed E-state index contributed by atoms with van der Waals surface area (Å²) in [6, 6.07) is 4.45. The number of rotatable bonds is 6. The number of thiophene rings is 2. The number of amides is 1. The molecule has 0 unspecified atom stereocenters. The third-order valence-electron chi connectivity index (χ3n) is 4.09. The van der Waals surface area contributed by atoms with E-state index in [4.69, 9.17) is 0 Å². The van der Waals surface area contributed by atoms with Crippen molar-refractivity contribution < 1.29 is 4.79 Å². The molecular weight excluding hydrogens is 312 g/mol. The molecule has 116 valence electrons. The number of hydrogen-bond donors (Lipinski definition) is 1. The van der Waals surface area contributed by atoms with Crippen molar-refractivity contribution in [2.24, 2.45) is 0 Å². The minimum atomic E-state index is 0.741. The summed E-state index contributed by atoms with van der Waals surface area (Å²) in [6.07, 6.45) is 3.00. The van der Waals surface area contributed by atoms with Crippen molar-refractivity contribution in [3.63, 3.8) is 0 Å². The van der Waals surface area contributed by atoms with Crippen LogP contribution in [0.4, 0.5) is 0 Å². The van der Waals surface area contributed by atoms with E-state index in [0.29, 0.717) is 0 Å². The van der Waals surface area contributed by atoms with Crippen molar-refractivity contribution in [3.8, 4) is 0 Å². The smallest absolute Gasteiger partial charge is 0.207 e. The molecule has 3 heterocycles. The van der Waals surface area contributed by atoms with Crippen molar-refractivity contribution in [2.75, 3.05) is 26.2 Å². The van der Waals surface area contributed by atoms with E-state index in [1.54, 1.807) is 28.2 Å². The van der Waals surface area contributed by atoms with Gasteiger partial charge in [0.1, 0.15) is 0 Å². The molecule has 3 nitrogen and oxygen atoms in total. The highest BCUT2D eigenvalue weighted by molar-refractivity contribution is 7.08. The van der Waals surface area contributed by atoms with Crippen LogP contribution in [0.1, 0.15) is 24.0 Å². The van der Waals surface area contributed by atoms with Gasteiger partial charge >= 0.3 is 0 Å². The quantitative estimate of drug-likeness (QED) is 0.649. The fourth-order valence-electron chi connectivity index (χ4n) is 2.97. The first kappa shape index (κ1) is 15.5. The Balaban J connectivity index is 1.75. The normalized spacial score (nSPS) is 15.7. The number of carbonyl (C=O) groups excluding carboxylic acids is 1. The molecule has 0 bridgehead atoms. The van der Waals surface area contributed by atoms with Crippen LogP contribution < -0.4 is 5.32 Å². The molecule has 0 aliphatic carbocycles. The molecule has 0 atom stereocenters. The van der Waals surface area contributed by atoms with Crippen LogP contribution in [0.15, 0.2) is 39.2 Å². The summed E-state index contributed by atoms with van der Waals surface area (Å²) in [4.78, 5) is 12.7. The zero-order valence-electron chi connectivity index (χ0n) is 12.5. The van der Waals surface area contributed by atoms with Crippen molar-refractivity contribution in [2.45, 2.75) is 12.8 Å². The molecule has 1 amide bonds. The fourth-order valence-corrected chi connectivity index (χ4v) is 4.26. The summed E-state index contributed by atoms with van der Waals surface area (Å²) in [7, 11) is 0. The monoisotopic (exact) mass is 332 g/mol. The Kier molecular flexibility index (Phi) is 5.43. The van der Waals surface area contributed by atoms with E-state index in [1.807, 2.05) is 0 Å². The molecule has 1 saturated heterocycles. The van der Waals surface area contributed by atoms with Crippen LogP contribution >= 0.6 is 22.7 Å². The van der Waals surface area contributed by atoms with Gasteiger partial charge < -0.3 is 10.2 Å². The van der Waals surface area contributed by atoms with Gasteiger partial charge in [-0.3, -0.25) is 4.79 Å². The zero-order valence-corrected chi connectivity index (χ0v) is 14.1. The van der Waals surface area contributed by atoms with Gasteiger partial charge in [-0.25, -0.2) is 0 Å². The molecule has 0 aromatic carbocycles. The van der Waals surface area contributed by atoms with E-state index in [0.717, 1.165) is 45.4 Å². The van der Waals surface area contributed by atoms with Crippen LogP contribution in [-0.2, 0) is 4.79 Å². The summed E-state index contributed by atoms with van der Waals surface area (Å²) in [5, 5.41) is 11.6. The molecule has 5 heteroatoms. The molecule has 0 saturated carbocycles. The predicted molar refractivity (Wildman–Crippen MR) is 94.4 cm³/mol. The number of nitrogens with one attached hydrogen (secondary N) is 1. The lowest BCUT2D eigenvalue weighted by molar-refractivity contribution is -0.109. The minimum Gasteiger partial charge on any atom is -0.357 e. The van der Waals surface area contributed by atoms with Crippen LogP contribution in [0.5, 0.6) is 0 Å². The maximum Gasteiger partial charge on any atom is 0.207 e. The summed E-state index contributed by atoms with van der Waals surface area (Å²) in [5.41, 5.74) is 5.72. The average Bonchev–Trinajstić information content (AvgIpc) is 3.24. The molecule has 3 rings (SSSR count). The van der Waals surface area contributed by atoms with E-state index in [2.05, 4.69) is 43.9 Å². The standard InChI is InChI=1S/C17H20N2OS2/c20-13-18-5-8-19-6-1-14(2-7-19)17(15-3-9-21-11-15)16-4-10-22-12-16/h3-4,9-13H,1-2,5-8H2,(H,18,20). The van der Waals surface area contributed by atoms with E-state index in [-0.39, 0.29) is 0 Å². The minimum absolute atomic E-state index is 0.741. The number of likely N-dealkylation sites (tertiary alicyclic amines) is 1. The summed E-state index contributed by atoms with van der Waals surface area (Å²) in [6.45, 7) is 3.84. The van der Waals surface area contributed by atoms with Gasteiger partial charge in [-0.05, 0) is 63.2 Å². The Hall–Kier alpha value is -1.43. The fraction of sp³-hybridized carbons (Fsp3) is 0.353. The van der Waals surface area contributed by atoms with Crippen LogP contribution in [0, 0.1) is 0 Å². The SMILES string of the molecule is O=CNCCN1CCC(=C(c2ccsc2)c2ccsc2)CC1. The molecule has 1 aliphatic heterocycles. The van der Waals surface area contributed by atoms with Gasteiger partial charge in [0.25, 0.3) is 0 Å². The van der Waals surface area contributed by atoms with Gasteiger partial charge in [-0.1, -0.05) is 5.57 Å². The Morgan fingerprint density at radius 3 is 2.27 bits per heavy atom. The second-order valence-electron chi connectivity index (χ2n) is 5.42. The molecular formula is C17H20N2OS2. The highest BCUT2D eigenvalue weighted by atomic mass is 32.1. The first-order valence-corrected chi connectivity index (χ1v) is 9.43. The molecule has 1 aliphatic rings. The van der Waals surface area contributed by atoms with Gasteiger partial charge in [-0.15, -0.1) is 0 Å². The summed E-state index contributed by atoms with van der Waals surface area (Å²) >= 11 is 3.52. The van der Waals surface area contributed by atoms with E-state index < -0.39 is 0 Å². The third kappa shape index (κ3) is 3.66. The van der Waals surface area contributed by atoms with Crippen LogP contribution in [0.3, 0.4) is 0 Å². The lowest BCUT2D eigenvalue weighted by Gasteiger charge is -2.29. The van der Waals surface area contributed by atoms with Crippen molar-refractivity contribution in [1.29, 1.82) is 0 Å². The second kappa shape index (κ2) is 7.72. The van der Waals surface area contributed by atoms with Gasteiger partial charge in [0.05, 0.1) is 0 Å². The van der Waals surface area contributed by atoms with Gasteiger partial charge in [0, 0.05) is 26.2 Å². The Morgan fingerprint density at radius 1 is 1.14 bits per heavy atom. The molecule has 2 aromatic heterocycles. The highest BCUT2D eigenvalue weighted by Gasteiger charge is 2.19. The number of hydrogen-bond acceptors (Lipinski definition) is 4. The van der Waals surface area contributed by atoms with Gasteiger partial charge in [-0.2, -0.15) is 22.7 Å². The molecule has 1 N–H and O–H groups in total. The number of piperidine rings is 1. The largest absolute Gasteiger partial charge is 0.357 e. The maximum atomic E-state index is 10.3. The van der Waals surface area contributed by atoms with Gasteiger partial charge in [0.15, 0.2) is 0 Å². The third-order valence-corrected chi connectivity index (χ3v) is 5.46. The van der Waals surface area contributed by atoms with E-state index in [9.17, 15) is 4.79 Å². The maximum absolute atomic E-state index is 10.3. The van der Waals surface area contributed by atoms with Crippen LogP contribution in [0.2, 0.25) is 0 Å².